The lowest BCUT2D eigenvalue weighted by molar-refractivity contribution is -0.0272. The minimum absolute atomic E-state index is 0.200. The SMILES string of the molecule is CCC(C)(OC)c1nc(C(N)CN2CCCC2)no1. The number of nitrogens with zero attached hydrogens (tertiary/aromatic N) is 3. The Morgan fingerprint density at radius 1 is 1.47 bits per heavy atom. The Hall–Kier alpha value is -0.980. The summed E-state index contributed by atoms with van der Waals surface area (Å²) in [4.78, 5) is 6.75. The number of nitrogens with two attached hydrogens (primary N) is 1. The molecule has 0 bridgehead atoms. The predicted octanol–water partition coefficient (Wildman–Crippen LogP) is 1.44. The van der Waals surface area contributed by atoms with Crippen molar-refractivity contribution in [1.82, 2.24) is 15.0 Å². The highest BCUT2D eigenvalue weighted by molar-refractivity contribution is 5.01. The summed E-state index contributed by atoms with van der Waals surface area (Å²) < 4.78 is 10.8. The predicted molar refractivity (Wildman–Crippen MR) is 71.6 cm³/mol. The van der Waals surface area contributed by atoms with E-state index in [1.54, 1.807) is 7.11 Å². The molecular weight excluding hydrogens is 244 g/mol. The highest BCUT2D eigenvalue weighted by Gasteiger charge is 2.32. The fraction of sp³-hybridized carbons (Fsp3) is 0.846. The molecule has 0 saturated carbocycles. The third-order valence-corrected chi connectivity index (χ3v) is 4.00. The molecule has 1 aromatic rings. The molecular formula is C13H24N4O2. The van der Waals surface area contributed by atoms with Crippen molar-refractivity contribution in [1.29, 1.82) is 0 Å². The van der Waals surface area contributed by atoms with Crippen LogP contribution < -0.4 is 5.73 Å². The summed E-state index contributed by atoms with van der Waals surface area (Å²) >= 11 is 0. The summed E-state index contributed by atoms with van der Waals surface area (Å²) in [5, 5.41) is 4.00. The number of rotatable bonds is 6. The molecule has 1 fully saturated rings. The molecule has 1 saturated heterocycles. The Bertz CT molecular complexity index is 397. The zero-order valence-electron chi connectivity index (χ0n) is 12.1. The Morgan fingerprint density at radius 3 is 2.74 bits per heavy atom. The van der Waals surface area contributed by atoms with Gasteiger partial charge in [-0.05, 0) is 39.3 Å². The highest BCUT2D eigenvalue weighted by atomic mass is 16.5. The minimum Gasteiger partial charge on any atom is -0.369 e. The molecule has 2 atom stereocenters. The number of likely N-dealkylation sites (tertiary alicyclic amines) is 1. The van der Waals surface area contributed by atoms with Crippen LogP contribution in [0.3, 0.4) is 0 Å². The van der Waals surface area contributed by atoms with Gasteiger partial charge < -0.3 is 19.9 Å². The van der Waals surface area contributed by atoms with Crippen molar-refractivity contribution < 1.29 is 9.26 Å². The molecule has 2 N–H and O–H groups in total. The van der Waals surface area contributed by atoms with Crippen molar-refractivity contribution in [3.8, 4) is 0 Å². The van der Waals surface area contributed by atoms with Gasteiger partial charge in [0, 0.05) is 13.7 Å². The van der Waals surface area contributed by atoms with Gasteiger partial charge in [-0.1, -0.05) is 12.1 Å². The molecule has 108 valence electrons. The van der Waals surface area contributed by atoms with Crippen molar-refractivity contribution in [3.63, 3.8) is 0 Å². The third kappa shape index (κ3) is 3.13. The average molecular weight is 268 g/mol. The molecule has 0 aliphatic carbocycles. The van der Waals surface area contributed by atoms with Gasteiger partial charge in [0.2, 0.25) is 0 Å². The summed E-state index contributed by atoms with van der Waals surface area (Å²) in [5.41, 5.74) is 5.62. The quantitative estimate of drug-likeness (QED) is 0.841. The van der Waals surface area contributed by atoms with Crippen LogP contribution in [0.25, 0.3) is 0 Å². The van der Waals surface area contributed by atoms with Crippen LogP contribution in [0, 0.1) is 0 Å². The second-order valence-corrected chi connectivity index (χ2v) is 5.36. The Labute approximate surface area is 114 Å². The number of aromatic nitrogens is 2. The molecule has 2 rings (SSSR count). The van der Waals surface area contributed by atoms with Gasteiger partial charge in [-0.15, -0.1) is 0 Å². The van der Waals surface area contributed by atoms with E-state index in [0.717, 1.165) is 26.1 Å². The molecule has 0 radical (unpaired) electrons. The molecule has 6 nitrogen and oxygen atoms in total. The van der Waals surface area contributed by atoms with Gasteiger partial charge in [0.1, 0.15) is 5.60 Å². The summed E-state index contributed by atoms with van der Waals surface area (Å²) in [6.07, 6.45) is 3.27. The molecule has 0 spiro atoms. The second kappa shape index (κ2) is 5.98. The smallest absolute Gasteiger partial charge is 0.258 e. The van der Waals surface area contributed by atoms with Crippen LogP contribution in [0.2, 0.25) is 0 Å². The normalized spacial score (nSPS) is 21.5. The van der Waals surface area contributed by atoms with Crippen molar-refractivity contribution in [2.24, 2.45) is 5.73 Å². The van der Waals surface area contributed by atoms with Crippen LogP contribution >= 0.6 is 0 Å². The van der Waals surface area contributed by atoms with Gasteiger partial charge in [-0.2, -0.15) is 4.98 Å². The molecule has 1 aliphatic heterocycles. The fourth-order valence-electron chi connectivity index (χ4n) is 2.31. The van der Waals surface area contributed by atoms with Gasteiger partial charge in [-0.3, -0.25) is 0 Å². The van der Waals surface area contributed by atoms with Crippen molar-refractivity contribution in [2.45, 2.75) is 44.8 Å². The molecule has 19 heavy (non-hydrogen) atoms. The molecule has 0 aromatic carbocycles. The lowest BCUT2D eigenvalue weighted by atomic mass is 10.0. The van der Waals surface area contributed by atoms with Crippen LogP contribution in [-0.2, 0) is 10.3 Å². The average Bonchev–Trinajstić information content (AvgIpc) is 3.08. The first-order chi connectivity index (χ1) is 9.09. The monoisotopic (exact) mass is 268 g/mol. The van der Waals surface area contributed by atoms with Gasteiger partial charge >= 0.3 is 0 Å². The number of hydrogen-bond acceptors (Lipinski definition) is 6. The van der Waals surface area contributed by atoms with E-state index in [2.05, 4.69) is 15.0 Å². The number of ether oxygens (including phenoxy) is 1. The Morgan fingerprint density at radius 2 is 2.16 bits per heavy atom. The molecule has 0 amide bonds. The first-order valence-corrected chi connectivity index (χ1v) is 6.96. The molecule has 6 heteroatoms. The van der Waals surface area contributed by atoms with Gasteiger partial charge in [0.25, 0.3) is 5.89 Å². The molecule has 2 heterocycles. The van der Waals surface area contributed by atoms with Crippen LogP contribution in [0.15, 0.2) is 4.52 Å². The lowest BCUT2D eigenvalue weighted by Gasteiger charge is -2.21. The topological polar surface area (TPSA) is 77.4 Å². The van der Waals surface area contributed by atoms with E-state index in [4.69, 9.17) is 15.0 Å². The first kappa shape index (κ1) is 14.4. The second-order valence-electron chi connectivity index (χ2n) is 5.36. The maximum absolute atomic E-state index is 6.15. The Kier molecular flexibility index (Phi) is 4.54. The van der Waals surface area contributed by atoms with E-state index in [0.29, 0.717) is 11.7 Å². The largest absolute Gasteiger partial charge is 0.369 e. The van der Waals surface area contributed by atoms with Crippen LogP contribution in [0.4, 0.5) is 0 Å². The number of methoxy groups -OCH3 is 1. The zero-order valence-corrected chi connectivity index (χ0v) is 12.1. The zero-order chi connectivity index (χ0) is 13.9. The van der Waals surface area contributed by atoms with Gasteiger partial charge in [0.05, 0.1) is 6.04 Å². The summed E-state index contributed by atoms with van der Waals surface area (Å²) in [6.45, 7) is 6.98. The fourth-order valence-corrected chi connectivity index (χ4v) is 2.31. The minimum atomic E-state index is -0.529. The summed E-state index contributed by atoms with van der Waals surface area (Å²) in [7, 11) is 1.65. The van der Waals surface area contributed by atoms with E-state index >= 15 is 0 Å². The highest BCUT2D eigenvalue weighted by Crippen LogP contribution is 2.27. The summed E-state index contributed by atoms with van der Waals surface area (Å²) in [5.74, 6) is 1.07. The Balaban J connectivity index is 2.03. The van der Waals surface area contributed by atoms with E-state index in [-0.39, 0.29) is 6.04 Å². The third-order valence-electron chi connectivity index (χ3n) is 4.00. The first-order valence-electron chi connectivity index (χ1n) is 6.96. The lowest BCUT2D eigenvalue weighted by Crippen LogP contribution is -2.30. The standard InChI is InChI=1S/C13H24N4O2/c1-4-13(2,18-3)12-15-11(16-19-12)10(14)9-17-7-5-6-8-17/h10H,4-9,14H2,1-3H3. The van der Waals surface area contributed by atoms with Crippen LogP contribution in [0.1, 0.15) is 50.9 Å². The molecule has 2 unspecified atom stereocenters. The van der Waals surface area contributed by atoms with E-state index in [1.807, 2.05) is 13.8 Å². The van der Waals surface area contributed by atoms with Crippen LogP contribution in [0.5, 0.6) is 0 Å². The maximum Gasteiger partial charge on any atom is 0.258 e. The van der Waals surface area contributed by atoms with Crippen molar-refractivity contribution >= 4 is 0 Å². The van der Waals surface area contributed by atoms with E-state index < -0.39 is 5.60 Å². The number of hydrogen-bond donors (Lipinski definition) is 1. The summed E-state index contributed by atoms with van der Waals surface area (Å²) in [6, 6.07) is -0.200. The van der Waals surface area contributed by atoms with Gasteiger partial charge in [0.15, 0.2) is 5.82 Å². The maximum atomic E-state index is 6.15. The molecule has 1 aromatic heterocycles. The molecule has 1 aliphatic rings. The van der Waals surface area contributed by atoms with Gasteiger partial charge in [-0.25, -0.2) is 0 Å². The van der Waals surface area contributed by atoms with Crippen molar-refractivity contribution in [2.75, 3.05) is 26.7 Å². The van der Waals surface area contributed by atoms with E-state index in [9.17, 15) is 0 Å². The van der Waals surface area contributed by atoms with E-state index in [1.165, 1.54) is 12.8 Å². The van der Waals surface area contributed by atoms with Crippen LogP contribution in [-0.4, -0.2) is 41.8 Å². The van der Waals surface area contributed by atoms with Crippen molar-refractivity contribution in [3.05, 3.63) is 11.7 Å².